The number of carbonyl (C=O) groups is 1. The third-order valence-corrected chi connectivity index (χ3v) is 5.85. The highest BCUT2D eigenvalue weighted by Gasteiger charge is 2.20. The Kier molecular flexibility index (Phi) is 7.04. The van der Waals surface area contributed by atoms with Gasteiger partial charge in [-0.2, -0.15) is 0 Å². The number of methoxy groups -OCH3 is 1. The number of hydrogen-bond acceptors (Lipinski definition) is 6. The summed E-state index contributed by atoms with van der Waals surface area (Å²) in [5, 5.41) is 8.61. The third-order valence-electron chi connectivity index (χ3n) is 5.16. The van der Waals surface area contributed by atoms with Crippen molar-refractivity contribution in [3.63, 3.8) is 0 Å². The molecule has 0 saturated carbocycles. The standard InChI is InChI=1S/C25H27N5O2S/c1-16(2)12-13-26-19-8-4-18(5-9-19)23-28-21(17-6-10-20(32-3)11-7-17)22(29-23)24(31)30-25-27-14-15-33-25/h4-11,14-16,26H,12-13H2,1-3H3,(H,28,29)(H,27,30,31). The number of imidazole rings is 1. The largest absolute Gasteiger partial charge is 0.497 e. The van der Waals surface area contributed by atoms with E-state index in [-0.39, 0.29) is 5.91 Å². The highest BCUT2D eigenvalue weighted by atomic mass is 32.1. The quantitative estimate of drug-likeness (QED) is 0.288. The van der Waals surface area contributed by atoms with E-state index in [9.17, 15) is 4.79 Å². The number of aromatic nitrogens is 3. The maximum Gasteiger partial charge on any atom is 0.278 e. The first-order valence-corrected chi connectivity index (χ1v) is 11.7. The van der Waals surface area contributed by atoms with E-state index in [4.69, 9.17) is 4.74 Å². The summed E-state index contributed by atoms with van der Waals surface area (Å²) in [5.41, 5.74) is 3.74. The average molecular weight is 462 g/mol. The Morgan fingerprint density at radius 3 is 2.45 bits per heavy atom. The molecule has 4 rings (SSSR count). The Bertz CT molecular complexity index is 1180. The number of rotatable bonds is 9. The lowest BCUT2D eigenvalue weighted by atomic mass is 10.1. The van der Waals surface area contributed by atoms with Crippen LogP contribution in [0.2, 0.25) is 0 Å². The molecule has 170 valence electrons. The molecule has 1 amide bonds. The van der Waals surface area contributed by atoms with Crippen LogP contribution in [-0.2, 0) is 0 Å². The van der Waals surface area contributed by atoms with Crippen LogP contribution in [0, 0.1) is 5.92 Å². The molecule has 2 heterocycles. The van der Waals surface area contributed by atoms with Gasteiger partial charge in [0.25, 0.3) is 5.91 Å². The maximum atomic E-state index is 13.0. The summed E-state index contributed by atoms with van der Waals surface area (Å²) < 4.78 is 5.26. The lowest BCUT2D eigenvalue weighted by molar-refractivity contribution is 0.102. The predicted molar refractivity (Wildman–Crippen MR) is 134 cm³/mol. The van der Waals surface area contributed by atoms with Gasteiger partial charge < -0.3 is 15.0 Å². The number of amides is 1. The average Bonchev–Trinajstić information content (AvgIpc) is 3.50. The molecule has 0 spiro atoms. The molecule has 33 heavy (non-hydrogen) atoms. The van der Waals surface area contributed by atoms with Gasteiger partial charge in [0.1, 0.15) is 11.6 Å². The number of thiazole rings is 1. The first kappa shape index (κ1) is 22.5. The molecule has 0 atom stereocenters. The lowest BCUT2D eigenvalue weighted by Gasteiger charge is -2.08. The molecule has 0 aliphatic heterocycles. The SMILES string of the molecule is COc1ccc(-c2[nH]c(-c3ccc(NCCC(C)C)cc3)nc2C(=O)Nc2nccs2)cc1. The minimum atomic E-state index is -0.315. The van der Waals surface area contributed by atoms with Crippen molar-refractivity contribution in [1.82, 2.24) is 15.0 Å². The van der Waals surface area contributed by atoms with Crippen molar-refractivity contribution in [3.05, 3.63) is 65.8 Å². The highest BCUT2D eigenvalue weighted by Crippen LogP contribution is 2.29. The van der Waals surface area contributed by atoms with Crippen LogP contribution in [0.25, 0.3) is 22.6 Å². The van der Waals surface area contributed by atoms with Gasteiger partial charge in [0, 0.05) is 34.9 Å². The van der Waals surface area contributed by atoms with Crippen molar-refractivity contribution in [3.8, 4) is 28.4 Å². The number of benzene rings is 2. The molecule has 0 unspecified atom stereocenters. The van der Waals surface area contributed by atoms with Gasteiger partial charge in [0.15, 0.2) is 10.8 Å². The molecule has 0 aliphatic carbocycles. The van der Waals surface area contributed by atoms with Gasteiger partial charge in [-0.15, -0.1) is 11.3 Å². The second-order valence-electron chi connectivity index (χ2n) is 8.02. The van der Waals surface area contributed by atoms with Crippen molar-refractivity contribution in [2.24, 2.45) is 5.92 Å². The zero-order chi connectivity index (χ0) is 23.2. The van der Waals surface area contributed by atoms with Crippen molar-refractivity contribution in [1.29, 1.82) is 0 Å². The van der Waals surface area contributed by atoms with E-state index in [1.807, 2.05) is 53.9 Å². The molecule has 0 bridgehead atoms. The predicted octanol–water partition coefficient (Wildman–Crippen LogP) is 5.92. The van der Waals surface area contributed by atoms with Gasteiger partial charge in [0.05, 0.1) is 12.8 Å². The molecule has 2 aromatic carbocycles. The van der Waals surface area contributed by atoms with E-state index in [1.54, 1.807) is 13.3 Å². The number of anilines is 2. The molecule has 0 saturated heterocycles. The van der Waals surface area contributed by atoms with E-state index in [2.05, 4.69) is 39.4 Å². The molecule has 7 nitrogen and oxygen atoms in total. The number of H-pyrrole nitrogens is 1. The van der Waals surface area contributed by atoms with Crippen molar-refractivity contribution < 1.29 is 9.53 Å². The summed E-state index contributed by atoms with van der Waals surface area (Å²) >= 11 is 1.36. The van der Waals surface area contributed by atoms with Crippen LogP contribution >= 0.6 is 11.3 Å². The third kappa shape index (κ3) is 5.59. The maximum absolute atomic E-state index is 13.0. The van der Waals surface area contributed by atoms with Crippen molar-refractivity contribution in [2.75, 3.05) is 24.3 Å². The van der Waals surface area contributed by atoms with E-state index < -0.39 is 0 Å². The lowest BCUT2D eigenvalue weighted by Crippen LogP contribution is -2.13. The Morgan fingerprint density at radius 2 is 1.82 bits per heavy atom. The summed E-state index contributed by atoms with van der Waals surface area (Å²) in [6, 6.07) is 15.6. The summed E-state index contributed by atoms with van der Waals surface area (Å²) in [4.78, 5) is 25.2. The first-order chi connectivity index (χ1) is 16.0. The molecule has 8 heteroatoms. The molecule has 3 N–H and O–H groups in total. The second-order valence-corrected chi connectivity index (χ2v) is 8.91. The monoisotopic (exact) mass is 461 g/mol. The van der Waals surface area contributed by atoms with E-state index >= 15 is 0 Å². The summed E-state index contributed by atoms with van der Waals surface area (Å²) in [6.07, 6.45) is 2.76. The number of nitrogens with zero attached hydrogens (tertiary/aromatic N) is 2. The van der Waals surface area contributed by atoms with E-state index in [0.29, 0.717) is 28.3 Å². The number of carbonyl (C=O) groups excluding carboxylic acids is 1. The van der Waals surface area contributed by atoms with Gasteiger partial charge in [-0.1, -0.05) is 13.8 Å². The van der Waals surface area contributed by atoms with Gasteiger partial charge >= 0.3 is 0 Å². The fourth-order valence-electron chi connectivity index (χ4n) is 3.33. The van der Waals surface area contributed by atoms with Crippen LogP contribution in [0.4, 0.5) is 10.8 Å². The summed E-state index contributed by atoms with van der Waals surface area (Å²) in [6.45, 7) is 5.36. The second kappa shape index (κ2) is 10.3. The number of nitrogens with one attached hydrogen (secondary N) is 3. The normalized spacial score (nSPS) is 10.9. The van der Waals surface area contributed by atoms with Crippen LogP contribution < -0.4 is 15.4 Å². The Labute approximate surface area is 197 Å². The minimum absolute atomic E-state index is 0.310. The van der Waals surface area contributed by atoms with E-state index in [0.717, 1.165) is 35.5 Å². The highest BCUT2D eigenvalue weighted by molar-refractivity contribution is 7.13. The molecule has 2 aromatic heterocycles. The fraction of sp³-hybridized carbons (Fsp3) is 0.240. The Hall–Kier alpha value is -3.65. The van der Waals surface area contributed by atoms with Crippen LogP contribution in [0.5, 0.6) is 5.75 Å². The van der Waals surface area contributed by atoms with Crippen LogP contribution in [0.1, 0.15) is 30.8 Å². The first-order valence-electron chi connectivity index (χ1n) is 10.8. The zero-order valence-electron chi connectivity index (χ0n) is 18.9. The van der Waals surface area contributed by atoms with Gasteiger partial charge in [0.2, 0.25) is 0 Å². The zero-order valence-corrected chi connectivity index (χ0v) is 19.7. The molecular formula is C25H27N5O2S. The molecule has 4 aromatic rings. The fourth-order valence-corrected chi connectivity index (χ4v) is 3.86. The molecule has 0 aliphatic rings. The molecule has 0 fully saturated rings. The van der Waals surface area contributed by atoms with Gasteiger partial charge in [-0.3, -0.25) is 10.1 Å². The summed E-state index contributed by atoms with van der Waals surface area (Å²) in [7, 11) is 1.62. The number of aromatic amines is 1. The topological polar surface area (TPSA) is 91.9 Å². The molecule has 0 radical (unpaired) electrons. The van der Waals surface area contributed by atoms with Crippen molar-refractivity contribution >= 4 is 28.1 Å². The van der Waals surface area contributed by atoms with Crippen LogP contribution in [0.3, 0.4) is 0 Å². The number of ether oxygens (including phenoxy) is 1. The smallest absolute Gasteiger partial charge is 0.278 e. The Balaban J connectivity index is 1.63. The van der Waals surface area contributed by atoms with E-state index in [1.165, 1.54) is 11.3 Å². The summed E-state index contributed by atoms with van der Waals surface area (Å²) in [5.74, 6) is 1.71. The van der Waals surface area contributed by atoms with Gasteiger partial charge in [-0.25, -0.2) is 9.97 Å². The van der Waals surface area contributed by atoms with Gasteiger partial charge in [-0.05, 0) is 60.9 Å². The molecular weight excluding hydrogens is 434 g/mol. The van der Waals surface area contributed by atoms with Crippen LogP contribution in [-0.4, -0.2) is 34.5 Å². The van der Waals surface area contributed by atoms with Crippen molar-refractivity contribution in [2.45, 2.75) is 20.3 Å². The Morgan fingerprint density at radius 1 is 1.09 bits per heavy atom. The number of hydrogen-bond donors (Lipinski definition) is 3. The van der Waals surface area contributed by atoms with Crippen LogP contribution in [0.15, 0.2) is 60.1 Å². The minimum Gasteiger partial charge on any atom is -0.497 e.